The average molecular weight is 370 g/mol. The Hall–Kier alpha value is -3.35. The number of fused-ring (bicyclic) bond motifs is 1. The van der Waals surface area contributed by atoms with Crippen LogP contribution in [0.25, 0.3) is 10.9 Å². The number of carbonyl (C=O) groups excluding carboxylic acids is 2. The molecule has 0 aliphatic heterocycles. The molecule has 1 amide bonds. The quantitative estimate of drug-likeness (QED) is 0.747. The number of ether oxygens (including phenoxy) is 2. The van der Waals surface area contributed by atoms with Crippen molar-refractivity contribution in [2.45, 2.75) is 13.5 Å². The third-order valence-electron chi connectivity index (χ3n) is 4.25. The Morgan fingerprint density at radius 1 is 1.07 bits per heavy atom. The monoisotopic (exact) mass is 370 g/mol. The van der Waals surface area contributed by atoms with Crippen molar-refractivity contribution in [1.82, 2.24) is 9.88 Å². The Kier molecular flexibility index (Phi) is 5.12. The van der Waals surface area contributed by atoms with E-state index in [1.54, 1.807) is 19.2 Å². The van der Waals surface area contributed by atoms with Crippen LogP contribution in [0.2, 0.25) is 0 Å². The lowest BCUT2D eigenvalue weighted by Gasteiger charge is -2.10. The molecule has 0 saturated carbocycles. The fourth-order valence-corrected chi connectivity index (χ4v) is 2.91. The van der Waals surface area contributed by atoms with Gasteiger partial charge in [-0.05, 0) is 35.9 Å². The summed E-state index contributed by atoms with van der Waals surface area (Å²) in [5, 5.41) is 3.32. The number of aromatic nitrogens is 1. The van der Waals surface area contributed by atoms with Crippen LogP contribution in [0.1, 0.15) is 27.6 Å². The predicted molar refractivity (Wildman–Crippen MR) is 98.9 cm³/mol. The first kappa shape index (κ1) is 18.4. The van der Waals surface area contributed by atoms with E-state index in [2.05, 4.69) is 5.32 Å². The van der Waals surface area contributed by atoms with Gasteiger partial charge in [-0.15, -0.1) is 0 Å². The first-order valence-corrected chi connectivity index (χ1v) is 8.25. The van der Waals surface area contributed by atoms with Crippen molar-refractivity contribution in [3.8, 4) is 11.5 Å². The number of halogens is 1. The number of carbonyl (C=O) groups is 2. The maximum absolute atomic E-state index is 13.5. The van der Waals surface area contributed by atoms with E-state index in [0.717, 1.165) is 5.56 Å². The smallest absolute Gasteiger partial charge is 0.253 e. The fourth-order valence-electron chi connectivity index (χ4n) is 2.91. The summed E-state index contributed by atoms with van der Waals surface area (Å²) in [6.07, 6.45) is 1.43. The molecule has 0 unspecified atom stereocenters. The van der Waals surface area contributed by atoms with E-state index in [4.69, 9.17) is 9.47 Å². The molecule has 2 aromatic carbocycles. The molecule has 0 aliphatic carbocycles. The minimum Gasteiger partial charge on any atom is -0.493 e. The van der Waals surface area contributed by atoms with Gasteiger partial charge in [0.05, 0.1) is 25.3 Å². The third kappa shape index (κ3) is 3.62. The Balaban J connectivity index is 1.86. The summed E-state index contributed by atoms with van der Waals surface area (Å²) >= 11 is 0. The highest BCUT2D eigenvalue weighted by Gasteiger charge is 2.17. The zero-order chi connectivity index (χ0) is 19.6. The SMILES string of the molecule is COc1ccc(CNC(=O)c2cn(C(C)=O)c3cc(F)ccc23)cc1OC. The van der Waals surface area contributed by atoms with Gasteiger partial charge in [0.25, 0.3) is 5.91 Å². The van der Waals surface area contributed by atoms with Crippen LogP contribution in [0.4, 0.5) is 4.39 Å². The summed E-state index contributed by atoms with van der Waals surface area (Å²) in [5.74, 6) is 0.0263. The molecule has 0 fully saturated rings. The maximum Gasteiger partial charge on any atom is 0.253 e. The third-order valence-corrected chi connectivity index (χ3v) is 4.25. The molecule has 0 bridgehead atoms. The molecule has 0 spiro atoms. The molecule has 1 heterocycles. The Morgan fingerprint density at radius 3 is 2.48 bits per heavy atom. The summed E-state index contributed by atoms with van der Waals surface area (Å²) in [4.78, 5) is 24.4. The van der Waals surface area contributed by atoms with Gasteiger partial charge in [0.15, 0.2) is 11.5 Å². The van der Waals surface area contributed by atoms with E-state index < -0.39 is 5.82 Å². The summed E-state index contributed by atoms with van der Waals surface area (Å²) < 4.78 is 25.3. The van der Waals surface area contributed by atoms with Crippen molar-refractivity contribution in [3.63, 3.8) is 0 Å². The molecule has 0 radical (unpaired) electrons. The lowest BCUT2D eigenvalue weighted by Crippen LogP contribution is -2.22. The van der Waals surface area contributed by atoms with Gasteiger partial charge in [0.1, 0.15) is 5.82 Å². The summed E-state index contributed by atoms with van der Waals surface area (Å²) in [7, 11) is 3.09. The van der Waals surface area contributed by atoms with Crippen LogP contribution in [0, 0.1) is 5.82 Å². The molecular weight excluding hydrogens is 351 g/mol. The highest BCUT2D eigenvalue weighted by Crippen LogP contribution is 2.27. The van der Waals surface area contributed by atoms with Crippen LogP contribution in [-0.4, -0.2) is 30.6 Å². The Morgan fingerprint density at radius 2 is 1.81 bits per heavy atom. The van der Waals surface area contributed by atoms with Crippen molar-refractivity contribution < 1.29 is 23.5 Å². The van der Waals surface area contributed by atoms with Crippen molar-refractivity contribution in [1.29, 1.82) is 0 Å². The van der Waals surface area contributed by atoms with Gasteiger partial charge in [0, 0.05) is 25.1 Å². The van der Waals surface area contributed by atoms with Gasteiger partial charge >= 0.3 is 0 Å². The zero-order valence-electron chi connectivity index (χ0n) is 15.2. The molecule has 0 atom stereocenters. The minimum atomic E-state index is -0.472. The summed E-state index contributed by atoms with van der Waals surface area (Å²) in [6.45, 7) is 1.61. The van der Waals surface area contributed by atoms with Crippen LogP contribution >= 0.6 is 0 Å². The number of benzene rings is 2. The first-order valence-electron chi connectivity index (χ1n) is 8.25. The second kappa shape index (κ2) is 7.49. The van der Waals surface area contributed by atoms with Gasteiger partial charge in [0.2, 0.25) is 5.91 Å². The normalized spacial score (nSPS) is 10.7. The van der Waals surface area contributed by atoms with Crippen LogP contribution < -0.4 is 14.8 Å². The van der Waals surface area contributed by atoms with Gasteiger partial charge in [-0.25, -0.2) is 4.39 Å². The Bertz CT molecular complexity index is 1030. The van der Waals surface area contributed by atoms with Crippen LogP contribution in [0.15, 0.2) is 42.6 Å². The van der Waals surface area contributed by atoms with E-state index in [-0.39, 0.29) is 18.4 Å². The molecular formula is C20H19FN2O4. The van der Waals surface area contributed by atoms with E-state index in [0.29, 0.717) is 28.0 Å². The number of nitrogens with one attached hydrogen (secondary N) is 1. The molecule has 140 valence electrons. The van der Waals surface area contributed by atoms with Crippen molar-refractivity contribution in [3.05, 3.63) is 59.5 Å². The van der Waals surface area contributed by atoms with E-state index in [1.807, 2.05) is 6.07 Å². The lowest BCUT2D eigenvalue weighted by molar-refractivity contribution is 0.0941. The molecule has 27 heavy (non-hydrogen) atoms. The van der Waals surface area contributed by atoms with E-state index >= 15 is 0 Å². The topological polar surface area (TPSA) is 69.6 Å². The zero-order valence-corrected chi connectivity index (χ0v) is 15.2. The number of hydrogen-bond acceptors (Lipinski definition) is 4. The van der Waals surface area contributed by atoms with Gasteiger partial charge in [-0.3, -0.25) is 14.2 Å². The van der Waals surface area contributed by atoms with Crippen molar-refractivity contribution >= 4 is 22.7 Å². The second-order valence-corrected chi connectivity index (χ2v) is 5.97. The number of methoxy groups -OCH3 is 2. The number of nitrogens with zero attached hydrogens (tertiary/aromatic N) is 1. The predicted octanol–water partition coefficient (Wildman–Crippen LogP) is 3.39. The highest BCUT2D eigenvalue weighted by atomic mass is 19.1. The van der Waals surface area contributed by atoms with Crippen molar-refractivity contribution in [2.24, 2.45) is 0 Å². The van der Waals surface area contributed by atoms with E-state index in [1.165, 1.54) is 43.0 Å². The molecule has 0 saturated heterocycles. The maximum atomic E-state index is 13.5. The molecule has 3 rings (SSSR count). The molecule has 6 nitrogen and oxygen atoms in total. The van der Waals surface area contributed by atoms with Crippen LogP contribution in [-0.2, 0) is 6.54 Å². The Labute approximate surface area is 155 Å². The molecule has 1 aromatic heterocycles. The van der Waals surface area contributed by atoms with Crippen LogP contribution in [0.3, 0.4) is 0 Å². The van der Waals surface area contributed by atoms with E-state index in [9.17, 15) is 14.0 Å². The highest BCUT2D eigenvalue weighted by molar-refractivity contribution is 6.09. The molecule has 1 N–H and O–H groups in total. The van der Waals surface area contributed by atoms with Gasteiger partial charge in [-0.1, -0.05) is 6.07 Å². The molecule has 7 heteroatoms. The first-order chi connectivity index (χ1) is 12.9. The number of hydrogen-bond donors (Lipinski definition) is 1. The minimum absolute atomic E-state index is 0.257. The standard InChI is InChI=1S/C20H19FN2O4/c1-12(24)23-11-16(15-6-5-14(21)9-17(15)23)20(25)22-10-13-4-7-18(26-2)19(8-13)27-3/h4-9,11H,10H2,1-3H3,(H,22,25). The molecule has 0 aliphatic rings. The average Bonchev–Trinajstić information content (AvgIpc) is 3.04. The summed E-state index contributed by atoms with van der Waals surface area (Å²) in [5.41, 5.74) is 1.49. The van der Waals surface area contributed by atoms with Gasteiger partial charge < -0.3 is 14.8 Å². The lowest BCUT2D eigenvalue weighted by atomic mass is 10.1. The largest absolute Gasteiger partial charge is 0.493 e. The number of amides is 1. The van der Waals surface area contributed by atoms with Gasteiger partial charge in [-0.2, -0.15) is 0 Å². The van der Waals surface area contributed by atoms with Crippen molar-refractivity contribution in [2.75, 3.05) is 14.2 Å². The second-order valence-electron chi connectivity index (χ2n) is 5.97. The fraction of sp³-hybridized carbons (Fsp3) is 0.200. The molecule has 3 aromatic rings. The number of rotatable bonds is 5. The summed E-state index contributed by atoms with van der Waals surface area (Å²) in [6, 6.07) is 9.34. The van der Waals surface area contributed by atoms with Crippen LogP contribution in [0.5, 0.6) is 11.5 Å².